The molecule has 0 saturated carbocycles. The smallest absolute Gasteiger partial charge is 0.0223 e. The molecule has 0 amide bonds. The van der Waals surface area contributed by atoms with Gasteiger partial charge in [0.25, 0.3) is 0 Å². The number of hydrogen-bond acceptors (Lipinski definition) is 2. The largest absolute Gasteiger partial charge is 0.313 e. The molecule has 1 aliphatic heterocycles. The molecular formula is C14H30N2. The second kappa shape index (κ2) is 7.29. The summed E-state index contributed by atoms with van der Waals surface area (Å²) in [5.74, 6) is 0. The van der Waals surface area contributed by atoms with Crippen LogP contribution in [-0.4, -0.2) is 36.1 Å². The summed E-state index contributed by atoms with van der Waals surface area (Å²) in [7, 11) is 0. The zero-order valence-corrected chi connectivity index (χ0v) is 11.6. The zero-order chi connectivity index (χ0) is 12.0. The Hall–Kier alpha value is -0.0800. The molecule has 0 radical (unpaired) electrons. The number of hydrogen-bond donors (Lipinski definition) is 1. The Morgan fingerprint density at radius 3 is 2.62 bits per heavy atom. The van der Waals surface area contributed by atoms with E-state index in [0.717, 1.165) is 6.04 Å². The molecule has 1 saturated heterocycles. The molecule has 2 atom stereocenters. The van der Waals surface area contributed by atoms with Crippen molar-refractivity contribution in [3.05, 3.63) is 0 Å². The van der Waals surface area contributed by atoms with Gasteiger partial charge in [0.05, 0.1) is 0 Å². The van der Waals surface area contributed by atoms with E-state index in [-0.39, 0.29) is 0 Å². The van der Waals surface area contributed by atoms with E-state index in [2.05, 4.69) is 37.9 Å². The molecule has 1 fully saturated rings. The van der Waals surface area contributed by atoms with Crippen LogP contribution in [0.3, 0.4) is 0 Å². The summed E-state index contributed by atoms with van der Waals surface area (Å²) in [4.78, 5) is 2.68. The van der Waals surface area contributed by atoms with E-state index in [0.29, 0.717) is 12.1 Å². The molecule has 96 valence electrons. The second-order valence-electron chi connectivity index (χ2n) is 5.58. The van der Waals surface area contributed by atoms with Gasteiger partial charge in [0.1, 0.15) is 0 Å². The van der Waals surface area contributed by atoms with E-state index in [4.69, 9.17) is 0 Å². The van der Waals surface area contributed by atoms with Crippen LogP contribution in [0.15, 0.2) is 0 Å². The van der Waals surface area contributed by atoms with Crippen LogP contribution in [-0.2, 0) is 0 Å². The third-order valence-electron chi connectivity index (χ3n) is 3.76. The monoisotopic (exact) mass is 226 g/mol. The highest BCUT2D eigenvalue weighted by Gasteiger charge is 2.24. The first-order valence-electron chi connectivity index (χ1n) is 7.14. The van der Waals surface area contributed by atoms with Gasteiger partial charge in [0.2, 0.25) is 0 Å². The van der Waals surface area contributed by atoms with Crippen molar-refractivity contribution >= 4 is 0 Å². The number of rotatable bonds is 6. The summed E-state index contributed by atoms with van der Waals surface area (Å²) >= 11 is 0. The predicted octanol–water partition coefficient (Wildman–Crippen LogP) is 3.03. The molecule has 1 aliphatic rings. The maximum Gasteiger partial charge on any atom is 0.0223 e. The molecule has 2 heteroatoms. The summed E-state index contributed by atoms with van der Waals surface area (Å²) in [5, 5.41) is 3.70. The van der Waals surface area contributed by atoms with E-state index >= 15 is 0 Å². The molecule has 1 N–H and O–H groups in total. The molecule has 2 nitrogen and oxygen atoms in total. The van der Waals surface area contributed by atoms with E-state index < -0.39 is 0 Å². The van der Waals surface area contributed by atoms with E-state index in [1.807, 2.05) is 0 Å². The van der Waals surface area contributed by atoms with Crippen LogP contribution in [0.25, 0.3) is 0 Å². The van der Waals surface area contributed by atoms with Gasteiger partial charge >= 0.3 is 0 Å². The first kappa shape index (κ1) is 14.0. The highest BCUT2D eigenvalue weighted by molar-refractivity contribution is 4.81. The molecule has 0 aromatic carbocycles. The Labute approximate surface area is 102 Å². The van der Waals surface area contributed by atoms with Crippen LogP contribution in [0.5, 0.6) is 0 Å². The maximum atomic E-state index is 3.70. The molecule has 0 bridgehead atoms. The summed E-state index contributed by atoms with van der Waals surface area (Å²) in [6, 6.07) is 2.16. The Morgan fingerprint density at radius 2 is 2.00 bits per heavy atom. The minimum Gasteiger partial charge on any atom is -0.313 e. The van der Waals surface area contributed by atoms with Crippen molar-refractivity contribution in [2.24, 2.45) is 0 Å². The topological polar surface area (TPSA) is 15.3 Å². The van der Waals surface area contributed by atoms with Gasteiger partial charge in [-0.3, -0.25) is 4.90 Å². The van der Waals surface area contributed by atoms with Gasteiger partial charge in [-0.05, 0) is 46.6 Å². The van der Waals surface area contributed by atoms with Gasteiger partial charge < -0.3 is 5.32 Å². The quantitative estimate of drug-likeness (QED) is 0.749. The van der Waals surface area contributed by atoms with Crippen molar-refractivity contribution in [2.45, 2.75) is 77.9 Å². The number of piperidine rings is 1. The van der Waals surface area contributed by atoms with Gasteiger partial charge in [-0.25, -0.2) is 0 Å². The van der Waals surface area contributed by atoms with Crippen molar-refractivity contribution in [2.75, 3.05) is 13.1 Å². The summed E-state index contributed by atoms with van der Waals surface area (Å²) in [5.41, 5.74) is 0. The van der Waals surface area contributed by atoms with E-state index in [9.17, 15) is 0 Å². The van der Waals surface area contributed by atoms with Crippen LogP contribution >= 0.6 is 0 Å². The summed E-state index contributed by atoms with van der Waals surface area (Å²) < 4.78 is 0. The van der Waals surface area contributed by atoms with Crippen LogP contribution in [0.1, 0.15) is 59.8 Å². The third-order valence-corrected chi connectivity index (χ3v) is 3.76. The number of nitrogens with one attached hydrogen (secondary N) is 1. The van der Waals surface area contributed by atoms with Crippen molar-refractivity contribution in [1.82, 2.24) is 10.2 Å². The zero-order valence-electron chi connectivity index (χ0n) is 11.6. The average molecular weight is 226 g/mol. The molecule has 0 spiro atoms. The summed E-state index contributed by atoms with van der Waals surface area (Å²) in [6.45, 7) is 11.7. The predicted molar refractivity (Wildman–Crippen MR) is 71.9 cm³/mol. The fourth-order valence-corrected chi connectivity index (χ4v) is 2.79. The lowest BCUT2D eigenvalue weighted by atomic mass is 10.00. The second-order valence-corrected chi connectivity index (χ2v) is 5.58. The minimum atomic E-state index is 0.681. The van der Waals surface area contributed by atoms with Crippen molar-refractivity contribution in [3.8, 4) is 0 Å². The van der Waals surface area contributed by atoms with Crippen molar-refractivity contribution in [1.29, 1.82) is 0 Å². The van der Waals surface area contributed by atoms with Crippen LogP contribution in [0.4, 0.5) is 0 Å². The highest BCUT2D eigenvalue weighted by Crippen LogP contribution is 2.19. The minimum absolute atomic E-state index is 0.681. The Kier molecular flexibility index (Phi) is 6.37. The lowest BCUT2D eigenvalue weighted by molar-refractivity contribution is 0.108. The lowest BCUT2D eigenvalue weighted by Gasteiger charge is -2.39. The van der Waals surface area contributed by atoms with Gasteiger partial charge in [-0.2, -0.15) is 0 Å². The normalized spacial score (nSPS) is 24.9. The van der Waals surface area contributed by atoms with Gasteiger partial charge in [-0.15, -0.1) is 0 Å². The summed E-state index contributed by atoms with van der Waals surface area (Å²) in [6.07, 6.45) is 6.77. The molecule has 0 aromatic rings. The average Bonchev–Trinajstić information content (AvgIpc) is 2.27. The van der Waals surface area contributed by atoms with E-state index in [1.165, 1.54) is 45.2 Å². The first-order chi connectivity index (χ1) is 7.65. The highest BCUT2D eigenvalue weighted by atomic mass is 15.2. The van der Waals surface area contributed by atoms with Gasteiger partial charge in [0.15, 0.2) is 0 Å². The van der Waals surface area contributed by atoms with Crippen molar-refractivity contribution in [3.63, 3.8) is 0 Å². The van der Waals surface area contributed by atoms with Crippen LogP contribution in [0, 0.1) is 0 Å². The fourth-order valence-electron chi connectivity index (χ4n) is 2.79. The number of likely N-dealkylation sites (tertiary alicyclic amines) is 1. The van der Waals surface area contributed by atoms with E-state index in [1.54, 1.807) is 0 Å². The number of nitrogens with zero attached hydrogens (tertiary/aromatic N) is 1. The first-order valence-corrected chi connectivity index (χ1v) is 7.14. The SMILES string of the molecule is CCCC(C)NCC1CCCCN1C(C)C. The Morgan fingerprint density at radius 1 is 1.25 bits per heavy atom. The standard InChI is InChI=1S/C14H30N2/c1-5-8-13(4)15-11-14-9-6-7-10-16(14)12(2)3/h12-15H,5-11H2,1-4H3. The van der Waals surface area contributed by atoms with Gasteiger partial charge in [0, 0.05) is 24.7 Å². The molecule has 0 aliphatic carbocycles. The van der Waals surface area contributed by atoms with Crippen LogP contribution < -0.4 is 5.32 Å². The van der Waals surface area contributed by atoms with Crippen LogP contribution in [0.2, 0.25) is 0 Å². The molecule has 0 aromatic heterocycles. The molecule has 1 rings (SSSR count). The molecule has 16 heavy (non-hydrogen) atoms. The molecule has 2 unspecified atom stereocenters. The molecular weight excluding hydrogens is 196 g/mol. The molecule has 1 heterocycles. The lowest BCUT2D eigenvalue weighted by Crippen LogP contribution is -2.49. The third kappa shape index (κ3) is 4.42. The van der Waals surface area contributed by atoms with Crippen molar-refractivity contribution < 1.29 is 0 Å². The Balaban J connectivity index is 2.32. The fraction of sp³-hybridized carbons (Fsp3) is 1.00. The van der Waals surface area contributed by atoms with Gasteiger partial charge in [-0.1, -0.05) is 19.8 Å². The maximum absolute atomic E-state index is 3.70. The Bertz CT molecular complexity index is 180.